The van der Waals surface area contributed by atoms with E-state index in [1.807, 2.05) is 6.92 Å². The largest absolute Gasteiger partial charge is 0.497 e. The van der Waals surface area contributed by atoms with E-state index >= 15 is 0 Å². The maximum absolute atomic E-state index is 13.3. The predicted molar refractivity (Wildman–Crippen MR) is 120 cm³/mol. The Hall–Kier alpha value is -3.64. The fourth-order valence-corrected chi connectivity index (χ4v) is 2.91. The molecule has 0 aliphatic heterocycles. The van der Waals surface area contributed by atoms with Crippen molar-refractivity contribution in [2.45, 2.75) is 6.92 Å². The first-order valence-corrected chi connectivity index (χ1v) is 9.73. The highest BCUT2D eigenvalue weighted by Crippen LogP contribution is 2.21. The lowest BCUT2D eigenvalue weighted by atomic mass is 10.1. The molecule has 0 spiro atoms. The van der Waals surface area contributed by atoms with Crippen molar-refractivity contribution >= 4 is 35.2 Å². The monoisotopic (exact) mass is 438 g/mol. The van der Waals surface area contributed by atoms with Crippen LogP contribution in [0, 0.1) is 12.7 Å². The molecule has 2 N–H and O–H groups in total. The number of carbonyl (C=O) groups is 2. The fraction of sp³-hybridized carbons (Fsp3) is 0.0833. The molecule has 3 rings (SSSR count). The van der Waals surface area contributed by atoms with Gasteiger partial charge in [0.1, 0.15) is 17.3 Å². The zero-order chi connectivity index (χ0) is 22.4. The van der Waals surface area contributed by atoms with Crippen molar-refractivity contribution in [1.29, 1.82) is 0 Å². The number of anilines is 1. The van der Waals surface area contributed by atoms with Gasteiger partial charge in [0.15, 0.2) is 0 Å². The van der Waals surface area contributed by atoms with Crippen molar-refractivity contribution in [3.8, 4) is 5.75 Å². The summed E-state index contributed by atoms with van der Waals surface area (Å²) in [6.45, 7) is 1.82. The second-order valence-corrected chi connectivity index (χ2v) is 7.14. The molecule has 0 radical (unpaired) electrons. The van der Waals surface area contributed by atoms with E-state index in [0.717, 1.165) is 5.56 Å². The van der Waals surface area contributed by atoms with Crippen molar-refractivity contribution in [2.75, 3.05) is 12.4 Å². The molecule has 0 aliphatic carbocycles. The first kappa shape index (κ1) is 22.1. The number of nitrogens with one attached hydrogen (secondary N) is 2. The van der Waals surface area contributed by atoms with Crippen LogP contribution in [0.15, 0.2) is 72.4 Å². The fourth-order valence-electron chi connectivity index (χ4n) is 2.74. The summed E-state index contributed by atoms with van der Waals surface area (Å²) in [5.41, 5.74) is 2.20. The average molecular weight is 439 g/mol. The number of halogens is 2. The summed E-state index contributed by atoms with van der Waals surface area (Å²) in [4.78, 5) is 25.7. The van der Waals surface area contributed by atoms with Crippen LogP contribution in [0.3, 0.4) is 0 Å². The van der Waals surface area contributed by atoms with E-state index in [4.69, 9.17) is 16.3 Å². The summed E-state index contributed by atoms with van der Waals surface area (Å²) >= 11 is 6.03. The molecular formula is C24H20ClFN2O3. The Balaban J connectivity index is 1.89. The summed E-state index contributed by atoms with van der Waals surface area (Å²) in [5.74, 6) is -0.821. The Morgan fingerprint density at radius 3 is 2.32 bits per heavy atom. The molecule has 0 saturated heterocycles. The summed E-state index contributed by atoms with van der Waals surface area (Å²) in [6, 6.07) is 17.1. The normalized spacial score (nSPS) is 11.0. The number of hydrogen-bond acceptors (Lipinski definition) is 3. The minimum Gasteiger partial charge on any atom is -0.497 e. The molecule has 0 aromatic heterocycles. The molecule has 31 heavy (non-hydrogen) atoms. The van der Waals surface area contributed by atoms with Gasteiger partial charge in [0.05, 0.1) is 7.11 Å². The van der Waals surface area contributed by atoms with Crippen LogP contribution in [0.1, 0.15) is 21.5 Å². The van der Waals surface area contributed by atoms with E-state index in [1.54, 1.807) is 42.5 Å². The second kappa shape index (κ2) is 9.91. The number of ether oxygens (including phenoxy) is 1. The molecule has 0 bridgehead atoms. The first-order chi connectivity index (χ1) is 14.9. The van der Waals surface area contributed by atoms with Gasteiger partial charge in [-0.15, -0.1) is 0 Å². The second-order valence-electron chi connectivity index (χ2n) is 6.71. The quantitative estimate of drug-likeness (QED) is 0.519. The molecule has 158 valence electrons. The zero-order valence-electron chi connectivity index (χ0n) is 16.9. The van der Waals surface area contributed by atoms with Crippen molar-refractivity contribution in [3.05, 3.63) is 100.0 Å². The number of aryl methyl sites for hydroxylation is 1. The van der Waals surface area contributed by atoms with Crippen LogP contribution in [-0.2, 0) is 4.79 Å². The van der Waals surface area contributed by atoms with Crippen molar-refractivity contribution < 1.29 is 18.7 Å². The van der Waals surface area contributed by atoms with Crippen LogP contribution in [0.25, 0.3) is 6.08 Å². The van der Waals surface area contributed by atoms with E-state index in [-0.39, 0.29) is 5.70 Å². The highest BCUT2D eigenvalue weighted by Gasteiger charge is 2.16. The van der Waals surface area contributed by atoms with Gasteiger partial charge in [0.25, 0.3) is 11.8 Å². The van der Waals surface area contributed by atoms with Gasteiger partial charge in [0, 0.05) is 16.3 Å². The molecule has 3 aromatic rings. The number of amides is 2. The van der Waals surface area contributed by atoms with Gasteiger partial charge in [-0.1, -0.05) is 29.8 Å². The van der Waals surface area contributed by atoms with Gasteiger partial charge >= 0.3 is 0 Å². The lowest BCUT2D eigenvalue weighted by molar-refractivity contribution is -0.113. The van der Waals surface area contributed by atoms with Gasteiger partial charge < -0.3 is 15.4 Å². The minimum atomic E-state index is -0.545. The molecule has 5 nitrogen and oxygen atoms in total. The van der Waals surface area contributed by atoms with Crippen LogP contribution in [0.2, 0.25) is 5.02 Å². The smallest absolute Gasteiger partial charge is 0.272 e. The third kappa shape index (κ3) is 5.93. The highest BCUT2D eigenvalue weighted by atomic mass is 35.5. The molecule has 0 heterocycles. The zero-order valence-corrected chi connectivity index (χ0v) is 17.7. The van der Waals surface area contributed by atoms with Gasteiger partial charge in [-0.25, -0.2) is 4.39 Å². The molecule has 7 heteroatoms. The van der Waals surface area contributed by atoms with E-state index in [2.05, 4.69) is 10.6 Å². The first-order valence-electron chi connectivity index (χ1n) is 9.36. The third-order valence-corrected chi connectivity index (χ3v) is 4.71. The summed E-state index contributed by atoms with van der Waals surface area (Å²) in [7, 11) is 1.53. The number of hydrogen-bond donors (Lipinski definition) is 2. The summed E-state index contributed by atoms with van der Waals surface area (Å²) in [6.07, 6.45) is 1.47. The molecule has 0 aliphatic rings. The number of rotatable bonds is 6. The molecule has 2 amide bonds. The minimum absolute atomic E-state index is 0.00759. The van der Waals surface area contributed by atoms with Gasteiger partial charge in [-0.05, 0) is 72.7 Å². The topological polar surface area (TPSA) is 67.4 Å². The van der Waals surface area contributed by atoms with Crippen molar-refractivity contribution in [3.63, 3.8) is 0 Å². The molecule has 3 aromatic carbocycles. The Kier molecular flexibility index (Phi) is 7.05. The molecule has 0 fully saturated rings. The van der Waals surface area contributed by atoms with E-state index in [0.29, 0.717) is 27.6 Å². The van der Waals surface area contributed by atoms with Crippen LogP contribution in [-0.4, -0.2) is 18.9 Å². The summed E-state index contributed by atoms with van der Waals surface area (Å²) in [5, 5.41) is 5.85. The standard InChI is InChI=1S/C24H20ClFN2O3/c1-15-3-8-18(25)14-21(15)27-24(30)22(13-16-4-9-19(26)10-5-16)28-23(29)17-6-11-20(31-2)12-7-17/h3-14H,1-2H3,(H,27,30)(H,28,29). The lowest BCUT2D eigenvalue weighted by Crippen LogP contribution is -2.30. The predicted octanol–water partition coefficient (Wildman–Crippen LogP) is 5.21. The average Bonchev–Trinajstić information content (AvgIpc) is 2.77. The number of methoxy groups -OCH3 is 1. The number of benzene rings is 3. The highest BCUT2D eigenvalue weighted by molar-refractivity contribution is 6.31. The van der Waals surface area contributed by atoms with Gasteiger partial charge in [0.2, 0.25) is 0 Å². The van der Waals surface area contributed by atoms with Crippen LogP contribution in [0.5, 0.6) is 5.75 Å². The maximum atomic E-state index is 13.3. The van der Waals surface area contributed by atoms with Crippen LogP contribution in [0.4, 0.5) is 10.1 Å². The van der Waals surface area contributed by atoms with Crippen LogP contribution >= 0.6 is 11.6 Å². The van der Waals surface area contributed by atoms with Crippen molar-refractivity contribution in [2.24, 2.45) is 0 Å². The Morgan fingerprint density at radius 1 is 1.00 bits per heavy atom. The Bertz CT molecular complexity index is 1130. The lowest BCUT2D eigenvalue weighted by Gasteiger charge is -2.13. The van der Waals surface area contributed by atoms with Crippen LogP contribution < -0.4 is 15.4 Å². The third-order valence-electron chi connectivity index (χ3n) is 4.47. The molecule has 0 atom stereocenters. The summed E-state index contributed by atoms with van der Waals surface area (Å²) < 4.78 is 18.3. The molecule has 0 unspecified atom stereocenters. The van der Waals surface area contributed by atoms with E-state index < -0.39 is 17.6 Å². The maximum Gasteiger partial charge on any atom is 0.272 e. The molecule has 0 saturated carbocycles. The van der Waals surface area contributed by atoms with E-state index in [1.165, 1.54) is 37.5 Å². The van der Waals surface area contributed by atoms with Crippen molar-refractivity contribution in [1.82, 2.24) is 5.32 Å². The van der Waals surface area contributed by atoms with Gasteiger partial charge in [-0.3, -0.25) is 9.59 Å². The SMILES string of the molecule is COc1ccc(C(=O)NC(=Cc2ccc(F)cc2)C(=O)Nc2cc(Cl)ccc2C)cc1. The van der Waals surface area contributed by atoms with Gasteiger partial charge in [-0.2, -0.15) is 0 Å². The Morgan fingerprint density at radius 2 is 1.68 bits per heavy atom. The number of carbonyl (C=O) groups excluding carboxylic acids is 2. The van der Waals surface area contributed by atoms with E-state index in [9.17, 15) is 14.0 Å². The molecular weight excluding hydrogens is 419 g/mol. The Labute approximate surface area is 184 Å².